The number of aryl methyl sites for hydroxylation is 1. The van der Waals surface area contributed by atoms with E-state index >= 15 is 0 Å². The van der Waals surface area contributed by atoms with Crippen LogP contribution in [0.15, 0.2) is 24.3 Å². The average molecular weight is 288 g/mol. The first kappa shape index (κ1) is 16.0. The van der Waals surface area contributed by atoms with Gasteiger partial charge >= 0.3 is 0 Å². The minimum absolute atomic E-state index is 0.272. The van der Waals surface area contributed by atoms with Crippen molar-refractivity contribution in [2.75, 3.05) is 0 Å². The van der Waals surface area contributed by atoms with E-state index in [4.69, 9.17) is 0 Å². The van der Waals surface area contributed by atoms with Crippen LogP contribution in [-0.2, 0) is 13.5 Å². The van der Waals surface area contributed by atoms with Gasteiger partial charge in [-0.1, -0.05) is 57.6 Å². The summed E-state index contributed by atoms with van der Waals surface area (Å²) in [5.41, 5.74) is 2.15. The lowest BCUT2D eigenvalue weighted by Crippen LogP contribution is -2.13. The predicted molar refractivity (Wildman–Crippen MR) is 88.4 cm³/mol. The van der Waals surface area contributed by atoms with Crippen LogP contribution in [0.4, 0.5) is 0 Å². The fourth-order valence-electron chi connectivity index (χ4n) is 2.85. The molecule has 2 rings (SSSR count). The molecule has 2 aromatic rings. The molecule has 0 radical (unpaired) electrons. The lowest BCUT2D eigenvalue weighted by Gasteiger charge is -2.10. The first-order valence-electron chi connectivity index (χ1n) is 8.30. The molecule has 0 aliphatic heterocycles. The van der Waals surface area contributed by atoms with Crippen LogP contribution < -0.4 is 0 Å². The highest BCUT2D eigenvalue weighted by atomic mass is 16.3. The number of benzene rings is 1. The monoisotopic (exact) mass is 288 g/mol. The molecule has 1 N–H and O–H groups in total. The van der Waals surface area contributed by atoms with Gasteiger partial charge in [0, 0.05) is 13.5 Å². The summed E-state index contributed by atoms with van der Waals surface area (Å²) < 4.78 is 2.10. The van der Waals surface area contributed by atoms with Gasteiger partial charge in [-0.15, -0.1) is 0 Å². The third kappa shape index (κ3) is 4.57. The molecule has 21 heavy (non-hydrogen) atoms. The molecule has 1 aromatic heterocycles. The first-order valence-corrected chi connectivity index (χ1v) is 8.30. The molecule has 0 bridgehead atoms. The normalized spacial score (nSPS) is 12.9. The van der Waals surface area contributed by atoms with E-state index in [2.05, 4.69) is 22.5 Å². The maximum absolute atomic E-state index is 10.2. The summed E-state index contributed by atoms with van der Waals surface area (Å²) in [6.07, 6.45) is 8.87. The smallest absolute Gasteiger partial charge is 0.112 e. The molecule has 1 unspecified atom stereocenters. The highest BCUT2D eigenvalue weighted by Gasteiger charge is 2.12. The van der Waals surface area contributed by atoms with Crippen molar-refractivity contribution >= 4 is 11.0 Å². The molecule has 0 aliphatic carbocycles. The summed E-state index contributed by atoms with van der Waals surface area (Å²) in [4.78, 5) is 4.62. The highest BCUT2D eigenvalue weighted by Crippen LogP contribution is 2.17. The number of hydrogen-bond acceptors (Lipinski definition) is 2. The second kappa shape index (κ2) is 8.18. The zero-order valence-electron chi connectivity index (χ0n) is 13.4. The van der Waals surface area contributed by atoms with Crippen LogP contribution in [0.25, 0.3) is 11.0 Å². The van der Waals surface area contributed by atoms with Crippen LogP contribution in [0, 0.1) is 0 Å². The van der Waals surface area contributed by atoms with E-state index in [-0.39, 0.29) is 6.10 Å². The van der Waals surface area contributed by atoms with Crippen molar-refractivity contribution in [1.29, 1.82) is 0 Å². The maximum Gasteiger partial charge on any atom is 0.112 e. The Bertz CT molecular complexity index is 547. The maximum atomic E-state index is 10.2. The van der Waals surface area contributed by atoms with E-state index < -0.39 is 0 Å². The molecular formula is C18H28N2O. The third-order valence-corrected chi connectivity index (χ3v) is 4.19. The van der Waals surface area contributed by atoms with Crippen molar-refractivity contribution in [1.82, 2.24) is 9.55 Å². The van der Waals surface area contributed by atoms with Gasteiger partial charge in [-0.3, -0.25) is 0 Å². The van der Waals surface area contributed by atoms with Gasteiger partial charge in [-0.05, 0) is 18.6 Å². The van der Waals surface area contributed by atoms with E-state index in [0.717, 1.165) is 29.7 Å². The van der Waals surface area contributed by atoms with Crippen molar-refractivity contribution in [3.63, 3.8) is 0 Å². The van der Waals surface area contributed by atoms with Gasteiger partial charge < -0.3 is 9.67 Å². The molecule has 0 spiro atoms. The van der Waals surface area contributed by atoms with Crippen molar-refractivity contribution in [3.8, 4) is 0 Å². The van der Waals surface area contributed by atoms with E-state index in [1.165, 1.54) is 32.1 Å². The second-order valence-corrected chi connectivity index (χ2v) is 5.99. The van der Waals surface area contributed by atoms with Crippen LogP contribution in [0.2, 0.25) is 0 Å². The summed E-state index contributed by atoms with van der Waals surface area (Å²) in [7, 11) is 2.03. The number of rotatable bonds is 9. The summed E-state index contributed by atoms with van der Waals surface area (Å²) in [5.74, 6) is 0.981. The number of fused-ring (bicyclic) bond motifs is 1. The molecule has 3 heteroatoms. The average Bonchev–Trinajstić information content (AvgIpc) is 2.80. The third-order valence-electron chi connectivity index (χ3n) is 4.19. The quantitative estimate of drug-likeness (QED) is 0.701. The SMILES string of the molecule is CCCCCCCCC(O)Cc1nc2ccccc2n1C. The van der Waals surface area contributed by atoms with Crippen molar-refractivity contribution in [2.45, 2.75) is 64.4 Å². The first-order chi connectivity index (χ1) is 10.2. The van der Waals surface area contributed by atoms with Crippen LogP contribution in [0.5, 0.6) is 0 Å². The van der Waals surface area contributed by atoms with Gasteiger partial charge in [0.15, 0.2) is 0 Å². The van der Waals surface area contributed by atoms with Crippen LogP contribution in [0.3, 0.4) is 0 Å². The van der Waals surface area contributed by atoms with E-state index in [1.807, 2.05) is 25.2 Å². The second-order valence-electron chi connectivity index (χ2n) is 5.99. The van der Waals surface area contributed by atoms with Gasteiger partial charge in [0.25, 0.3) is 0 Å². The Kier molecular flexibility index (Phi) is 6.24. The number of imidazole rings is 1. The van der Waals surface area contributed by atoms with Gasteiger partial charge in [-0.2, -0.15) is 0 Å². The topological polar surface area (TPSA) is 38.1 Å². The van der Waals surface area contributed by atoms with Gasteiger partial charge in [0.1, 0.15) is 5.82 Å². The Balaban J connectivity index is 1.79. The van der Waals surface area contributed by atoms with E-state index in [9.17, 15) is 5.11 Å². The molecule has 0 fully saturated rings. The zero-order valence-corrected chi connectivity index (χ0v) is 13.4. The van der Waals surface area contributed by atoms with Crippen molar-refractivity contribution in [2.24, 2.45) is 7.05 Å². The van der Waals surface area contributed by atoms with Gasteiger partial charge in [0.05, 0.1) is 17.1 Å². The molecule has 1 heterocycles. The molecule has 3 nitrogen and oxygen atoms in total. The minimum atomic E-state index is -0.272. The molecule has 0 saturated heterocycles. The number of unbranched alkanes of at least 4 members (excludes halogenated alkanes) is 5. The summed E-state index contributed by atoms with van der Waals surface area (Å²) in [6, 6.07) is 8.14. The summed E-state index contributed by atoms with van der Waals surface area (Å²) >= 11 is 0. The summed E-state index contributed by atoms with van der Waals surface area (Å²) in [5, 5.41) is 10.2. The summed E-state index contributed by atoms with van der Waals surface area (Å²) in [6.45, 7) is 2.24. The van der Waals surface area contributed by atoms with Gasteiger partial charge in [-0.25, -0.2) is 4.98 Å². The Morgan fingerprint density at radius 3 is 2.57 bits per heavy atom. The van der Waals surface area contributed by atoms with Crippen LogP contribution in [-0.4, -0.2) is 20.8 Å². The molecule has 1 aromatic carbocycles. The number of aliphatic hydroxyl groups is 1. The number of para-hydroxylation sites is 2. The van der Waals surface area contributed by atoms with Gasteiger partial charge in [0.2, 0.25) is 0 Å². The van der Waals surface area contributed by atoms with Crippen LogP contribution >= 0.6 is 0 Å². The fraction of sp³-hybridized carbons (Fsp3) is 0.611. The molecule has 1 atom stereocenters. The zero-order chi connectivity index (χ0) is 15.1. The van der Waals surface area contributed by atoms with Crippen molar-refractivity contribution < 1.29 is 5.11 Å². The molecule has 116 valence electrons. The largest absolute Gasteiger partial charge is 0.393 e. The Labute approximate surface area is 128 Å². The number of nitrogens with zero attached hydrogens (tertiary/aromatic N) is 2. The minimum Gasteiger partial charge on any atom is -0.393 e. The van der Waals surface area contributed by atoms with Crippen molar-refractivity contribution in [3.05, 3.63) is 30.1 Å². The Morgan fingerprint density at radius 1 is 1.10 bits per heavy atom. The van der Waals surface area contributed by atoms with E-state index in [0.29, 0.717) is 6.42 Å². The number of hydrogen-bond donors (Lipinski definition) is 1. The fourth-order valence-corrected chi connectivity index (χ4v) is 2.85. The number of aliphatic hydroxyl groups excluding tert-OH is 1. The Hall–Kier alpha value is -1.35. The van der Waals surface area contributed by atoms with Crippen LogP contribution in [0.1, 0.15) is 57.7 Å². The molecule has 0 aliphatic rings. The lowest BCUT2D eigenvalue weighted by molar-refractivity contribution is 0.158. The molecular weight excluding hydrogens is 260 g/mol. The Morgan fingerprint density at radius 2 is 1.81 bits per heavy atom. The predicted octanol–water partition coefficient (Wildman–Crippen LogP) is 4.23. The standard InChI is InChI=1S/C18H28N2O/c1-3-4-5-6-7-8-11-15(21)14-18-19-16-12-9-10-13-17(16)20(18)2/h9-10,12-13,15,21H,3-8,11,14H2,1-2H3. The number of aromatic nitrogens is 2. The molecule has 0 amide bonds. The molecule has 0 saturated carbocycles. The lowest BCUT2D eigenvalue weighted by atomic mass is 10.1. The highest BCUT2D eigenvalue weighted by molar-refractivity contribution is 5.75. The van der Waals surface area contributed by atoms with E-state index in [1.54, 1.807) is 0 Å².